The highest BCUT2D eigenvalue weighted by Gasteiger charge is 2.22. The zero-order valence-electron chi connectivity index (χ0n) is 17.4. The fraction of sp³-hybridized carbons (Fsp3) is 0.364. The highest BCUT2D eigenvalue weighted by atomic mass is 16.4. The lowest BCUT2D eigenvalue weighted by Crippen LogP contribution is -2.37. The molecule has 9 nitrogen and oxygen atoms in total. The molecule has 3 N–H and O–H groups in total. The first-order valence-corrected chi connectivity index (χ1v) is 10.4. The summed E-state index contributed by atoms with van der Waals surface area (Å²) < 4.78 is 1.85. The van der Waals surface area contributed by atoms with Gasteiger partial charge in [0.25, 0.3) is 5.91 Å². The Morgan fingerprint density at radius 2 is 1.87 bits per heavy atom. The Morgan fingerprint density at radius 3 is 2.55 bits per heavy atom. The molecule has 3 heterocycles. The van der Waals surface area contributed by atoms with E-state index < -0.39 is 6.09 Å². The molecule has 3 aromatic rings. The summed E-state index contributed by atoms with van der Waals surface area (Å²) in [5.74, 6) is 0.886. The van der Waals surface area contributed by atoms with E-state index in [9.17, 15) is 9.59 Å². The van der Waals surface area contributed by atoms with Gasteiger partial charge in [-0.1, -0.05) is 6.07 Å². The van der Waals surface area contributed by atoms with Crippen LogP contribution in [0.2, 0.25) is 0 Å². The second kappa shape index (κ2) is 9.03. The second-order valence-corrected chi connectivity index (χ2v) is 7.76. The minimum atomic E-state index is -0.825. The minimum Gasteiger partial charge on any atom is -0.465 e. The normalized spacial score (nSPS) is 14.5. The van der Waals surface area contributed by atoms with Crippen LogP contribution >= 0.6 is 0 Å². The number of aromatic nitrogens is 3. The summed E-state index contributed by atoms with van der Waals surface area (Å²) in [6.07, 6.45) is 2.83. The first kappa shape index (κ1) is 20.6. The number of carbonyl (C=O) groups is 2. The number of likely N-dealkylation sites (tertiary alicyclic amines) is 1. The first-order valence-electron chi connectivity index (χ1n) is 10.4. The van der Waals surface area contributed by atoms with Crippen molar-refractivity contribution in [1.29, 1.82) is 0 Å². The Morgan fingerprint density at radius 1 is 1.13 bits per heavy atom. The number of hydrogen-bond donors (Lipinski definition) is 3. The molecular weight excluding hydrogens is 396 g/mol. The number of nitrogens with one attached hydrogen (secondary N) is 2. The number of fused-ring (bicyclic) bond motifs is 1. The molecule has 2 amide bonds. The van der Waals surface area contributed by atoms with Gasteiger partial charge in [-0.05, 0) is 68.0 Å². The fourth-order valence-corrected chi connectivity index (χ4v) is 3.94. The van der Waals surface area contributed by atoms with E-state index in [1.54, 1.807) is 19.2 Å². The number of hydrogen-bond acceptors (Lipinski definition) is 5. The van der Waals surface area contributed by atoms with Crippen LogP contribution in [0.15, 0.2) is 42.5 Å². The van der Waals surface area contributed by atoms with Gasteiger partial charge in [0.05, 0.1) is 0 Å². The van der Waals surface area contributed by atoms with E-state index in [2.05, 4.69) is 26.8 Å². The topological polar surface area (TPSA) is 112 Å². The number of nitrogens with zero attached hydrogens (tertiary/aromatic N) is 4. The molecule has 2 aromatic heterocycles. The average Bonchev–Trinajstić information content (AvgIpc) is 3.21. The second-order valence-electron chi connectivity index (χ2n) is 7.76. The number of carboxylic acid groups (broad SMARTS) is 1. The van der Waals surface area contributed by atoms with Crippen molar-refractivity contribution in [3.8, 4) is 0 Å². The molecule has 0 unspecified atom stereocenters. The van der Waals surface area contributed by atoms with Crippen molar-refractivity contribution in [2.24, 2.45) is 5.92 Å². The van der Waals surface area contributed by atoms with E-state index >= 15 is 0 Å². The number of piperidine rings is 1. The zero-order chi connectivity index (χ0) is 21.8. The lowest BCUT2D eigenvalue weighted by Gasteiger charge is -2.29. The third-order valence-corrected chi connectivity index (χ3v) is 5.76. The Hall–Kier alpha value is -3.62. The van der Waals surface area contributed by atoms with Gasteiger partial charge in [0, 0.05) is 37.1 Å². The van der Waals surface area contributed by atoms with Gasteiger partial charge in [-0.3, -0.25) is 4.79 Å². The monoisotopic (exact) mass is 422 g/mol. The van der Waals surface area contributed by atoms with Crippen molar-refractivity contribution in [2.45, 2.75) is 25.7 Å². The molecule has 1 fully saturated rings. The minimum absolute atomic E-state index is 0.129. The molecule has 1 saturated heterocycles. The van der Waals surface area contributed by atoms with E-state index in [0.717, 1.165) is 42.7 Å². The van der Waals surface area contributed by atoms with E-state index in [-0.39, 0.29) is 5.91 Å². The standard InChI is InChI=1S/C22H26N6O3/c1-23-20(29)16-6-8-17(9-7-16)24-21-25-19-4-2-3-18(28(19)26-21)10-5-15-11-13-27(14-12-15)22(30)31/h2-4,6-9,15H,5,10-14H2,1H3,(H,23,29)(H,24,26)(H,30,31). The molecule has 1 aliphatic heterocycles. The zero-order valence-corrected chi connectivity index (χ0v) is 17.4. The molecule has 31 heavy (non-hydrogen) atoms. The highest BCUT2D eigenvalue weighted by Crippen LogP contribution is 2.23. The Balaban J connectivity index is 1.41. The van der Waals surface area contributed by atoms with Gasteiger partial charge in [0.2, 0.25) is 5.95 Å². The van der Waals surface area contributed by atoms with Crippen molar-refractivity contribution in [2.75, 3.05) is 25.5 Å². The number of aryl methyl sites for hydroxylation is 1. The van der Waals surface area contributed by atoms with E-state index in [4.69, 9.17) is 5.11 Å². The van der Waals surface area contributed by atoms with Crippen LogP contribution in [-0.4, -0.2) is 56.7 Å². The van der Waals surface area contributed by atoms with Crippen molar-refractivity contribution in [3.05, 3.63) is 53.7 Å². The van der Waals surface area contributed by atoms with Crippen molar-refractivity contribution in [1.82, 2.24) is 24.8 Å². The lowest BCUT2D eigenvalue weighted by atomic mass is 9.91. The average molecular weight is 422 g/mol. The molecule has 1 aliphatic rings. The Kier molecular flexibility index (Phi) is 6.01. The van der Waals surface area contributed by atoms with Gasteiger partial charge in [0.1, 0.15) is 0 Å². The van der Waals surface area contributed by atoms with Gasteiger partial charge in [-0.25, -0.2) is 9.31 Å². The molecule has 0 aliphatic carbocycles. The summed E-state index contributed by atoms with van der Waals surface area (Å²) >= 11 is 0. The summed E-state index contributed by atoms with van der Waals surface area (Å²) in [5, 5.41) is 19.5. The van der Waals surface area contributed by atoms with Crippen LogP contribution in [0.3, 0.4) is 0 Å². The number of pyridine rings is 1. The van der Waals surface area contributed by atoms with Gasteiger partial charge in [-0.2, -0.15) is 4.98 Å². The van der Waals surface area contributed by atoms with Crippen LogP contribution in [0.25, 0.3) is 5.65 Å². The van der Waals surface area contributed by atoms with Crippen LogP contribution in [-0.2, 0) is 6.42 Å². The van der Waals surface area contributed by atoms with Gasteiger partial charge in [-0.15, -0.1) is 5.10 Å². The van der Waals surface area contributed by atoms with Crippen LogP contribution in [0.4, 0.5) is 16.4 Å². The van der Waals surface area contributed by atoms with E-state index in [1.807, 2.05) is 28.8 Å². The molecule has 4 rings (SSSR count). The number of anilines is 2. The molecule has 0 radical (unpaired) electrons. The predicted molar refractivity (Wildman–Crippen MR) is 117 cm³/mol. The van der Waals surface area contributed by atoms with Gasteiger partial charge in [0.15, 0.2) is 5.65 Å². The Bertz CT molecular complexity index is 1070. The molecule has 162 valence electrons. The quantitative estimate of drug-likeness (QED) is 0.563. The van der Waals surface area contributed by atoms with Crippen LogP contribution in [0, 0.1) is 5.92 Å². The third kappa shape index (κ3) is 4.76. The smallest absolute Gasteiger partial charge is 0.407 e. The van der Waals surface area contributed by atoms with Crippen molar-refractivity contribution in [3.63, 3.8) is 0 Å². The third-order valence-electron chi connectivity index (χ3n) is 5.76. The van der Waals surface area contributed by atoms with Crippen molar-refractivity contribution >= 4 is 29.3 Å². The summed E-state index contributed by atoms with van der Waals surface area (Å²) in [4.78, 5) is 28.8. The summed E-state index contributed by atoms with van der Waals surface area (Å²) in [5.41, 5.74) is 3.24. The molecule has 0 spiro atoms. The number of amides is 2. The first-order chi connectivity index (χ1) is 15.0. The molecule has 0 atom stereocenters. The maximum atomic E-state index is 11.7. The lowest BCUT2D eigenvalue weighted by molar-refractivity contribution is 0.0963. The summed E-state index contributed by atoms with van der Waals surface area (Å²) in [6.45, 7) is 1.22. The predicted octanol–water partition coefficient (Wildman–Crippen LogP) is 3.16. The summed E-state index contributed by atoms with van der Waals surface area (Å²) in [6, 6.07) is 13.1. The van der Waals surface area contributed by atoms with Crippen molar-refractivity contribution < 1.29 is 14.7 Å². The maximum absolute atomic E-state index is 11.7. The molecular formula is C22H26N6O3. The molecule has 1 aromatic carbocycles. The van der Waals surface area contributed by atoms with E-state index in [1.165, 1.54) is 4.90 Å². The maximum Gasteiger partial charge on any atom is 0.407 e. The highest BCUT2D eigenvalue weighted by molar-refractivity contribution is 5.94. The number of carbonyl (C=O) groups excluding carboxylic acids is 1. The van der Waals surface area contributed by atoms with Gasteiger partial charge >= 0.3 is 6.09 Å². The van der Waals surface area contributed by atoms with Crippen LogP contribution < -0.4 is 10.6 Å². The molecule has 0 bridgehead atoms. The molecule has 0 saturated carbocycles. The van der Waals surface area contributed by atoms with Crippen LogP contribution in [0.5, 0.6) is 0 Å². The van der Waals surface area contributed by atoms with E-state index in [0.29, 0.717) is 30.5 Å². The Labute approximate surface area is 180 Å². The van der Waals surface area contributed by atoms with Gasteiger partial charge < -0.3 is 20.6 Å². The number of benzene rings is 1. The van der Waals surface area contributed by atoms with Crippen LogP contribution in [0.1, 0.15) is 35.3 Å². The molecule has 9 heteroatoms. The number of rotatable bonds is 6. The SMILES string of the molecule is CNC(=O)c1ccc(Nc2nc3cccc(CCC4CCN(C(=O)O)CC4)n3n2)cc1. The fourth-order valence-electron chi connectivity index (χ4n) is 3.94. The summed E-state index contributed by atoms with van der Waals surface area (Å²) in [7, 11) is 1.60. The largest absolute Gasteiger partial charge is 0.465 e.